The largest absolute Gasteiger partial charge is 1.00 e. The molecule has 13 nitrogen and oxygen atoms in total. The zero-order chi connectivity index (χ0) is 63.6. The first-order valence-electron chi connectivity index (χ1n) is 30.8. The maximum absolute atomic E-state index is 14.9. The van der Waals surface area contributed by atoms with Crippen LogP contribution in [0.5, 0.6) is 0 Å². The topological polar surface area (TPSA) is 174 Å². The van der Waals surface area contributed by atoms with Crippen molar-refractivity contribution >= 4 is 110 Å². The molecule has 3 aromatic carbocycles. The van der Waals surface area contributed by atoms with Crippen LogP contribution < -0.4 is 50.6 Å². The molecule has 0 bridgehead atoms. The summed E-state index contributed by atoms with van der Waals surface area (Å²) in [4.78, 5) is 89.2. The van der Waals surface area contributed by atoms with Gasteiger partial charge in [0.1, 0.15) is 42.1 Å². The number of hydrogen-bond donors (Lipinski definition) is 1. The maximum atomic E-state index is 14.9. The van der Waals surface area contributed by atoms with Crippen molar-refractivity contribution in [2.45, 2.75) is 118 Å². The number of amides is 3. The number of hydrogen-bond acceptors (Lipinski definition) is 13. The number of benzene rings is 3. The Balaban J connectivity index is 0.000000176. The minimum atomic E-state index is -2.82. The third-order valence-electron chi connectivity index (χ3n) is 18.0. The smallest absolute Gasteiger partial charge is 0.543 e. The van der Waals surface area contributed by atoms with Gasteiger partial charge in [0, 0.05) is 34.8 Å². The Morgan fingerprint density at radius 1 is 0.556 bits per heavy atom. The molecule has 9 heterocycles. The van der Waals surface area contributed by atoms with Crippen LogP contribution in [0.3, 0.4) is 0 Å². The van der Waals surface area contributed by atoms with Gasteiger partial charge in [0.2, 0.25) is 23.4 Å². The third kappa shape index (κ3) is 12.4. The first-order chi connectivity index (χ1) is 42.9. The van der Waals surface area contributed by atoms with E-state index in [0.29, 0.717) is 17.7 Å². The Hall–Kier alpha value is -6.33. The van der Waals surface area contributed by atoms with Gasteiger partial charge in [-0.3, -0.25) is 14.4 Å². The van der Waals surface area contributed by atoms with Crippen molar-refractivity contribution in [1.29, 1.82) is 0 Å². The molecule has 0 saturated carbocycles. The molecule has 3 saturated heterocycles. The van der Waals surface area contributed by atoms with Gasteiger partial charge in [-0.1, -0.05) is 135 Å². The van der Waals surface area contributed by atoms with E-state index in [9.17, 15) is 33.9 Å². The molecular weight excluding hydrogens is 1220 g/mol. The fourth-order valence-corrected chi connectivity index (χ4v) is 21.7. The molecule has 18 heteroatoms. The Labute approximate surface area is 563 Å². The number of thiophene rings is 3. The Morgan fingerprint density at radius 2 is 0.922 bits per heavy atom. The first kappa shape index (κ1) is 68.0. The van der Waals surface area contributed by atoms with Crippen LogP contribution >= 0.6 is 41.3 Å². The van der Waals surface area contributed by atoms with Gasteiger partial charge < -0.3 is 39.2 Å². The summed E-state index contributed by atoms with van der Waals surface area (Å²) in [6.07, 6.45) is 7.07. The summed E-state index contributed by atoms with van der Waals surface area (Å²) >= 11 is 4.82. The molecule has 6 aliphatic rings. The second-order valence-electron chi connectivity index (χ2n) is 24.2. The second kappa shape index (κ2) is 29.1. The first-order valence-corrected chi connectivity index (χ1v) is 35.1. The number of carbonyl (C=O) groups is 6. The molecule has 12 rings (SSSR count). The number of nitrogens with zero attached hydrogens (tertiary/aromatic N) is 3. The van der Waals surface area contributed by atoms with E-state index in [4.69, 9.17) is 14.6 Å². The van der Waals surface area contributed by atoms with Crippen LogP contribution in [0.15, 0.2) is 170 Å². The Bertz CT molecular complexity index is 3680. The van der Waals surface area contributed by atoms with Gasteiger partial charge in [-0.15, -0.1) is 34.0 Å². The number of rotatable bonds is 21. The van der Waals surface area contributed by atoms with E-state index in [-0.39, 0.29) is 132 Å². The molecule has 6 aliphatic heterocycles. The van der Waals surface area contributed by atoms with Crippen molar-refractivity contribution in [3.8, 4) is 0 Å². The number of fused-ring (bicyclic) bond motifs is 3. The zero-order valence-electron chi connectivity index (χ0n) is 52.8. The predicted octanol–water partition coefficient (Wildman–Crippen LogP) is 8.23. The van der Waals surface area contributed by atoms with E-state index >= 15 is 0 Å². The van der Waals surface area contributed by atoms with E-state index in [1.165, 1.54) is 26.0 Å². The Morgan fingerprint density at radius 3 is 1.31 bits per heavy atom. The quantitative estimate of drug-likeness (QED) is 0.0243. The molecule has 7 atom stereocenters. The van der Waals surface area contributed by atoms with Crippen molar-refractivity contribution in [3.63, 3.8) is 0 Å². The van der Waals surface area contributed by atoms with Crippen molar-refractivity contribution in [2.75, 3.05) is 13.2 Å². The average molecular weight is 1300 g/mol. The molecule has 90 heavy (non-hydrogen) atoms. The number of aliphatic hydroxyl groups is 1. The fraction of sp³-hybridized carbons (Fsp3) is 0.361. The van der Waals surface area contributed by atoms with E-state index < -0.39 is 24.9 Å². The van der Waals surface area contributed by atoms with E-state index in [0.717, 1.165) is 77.9 Å². The molecule has 3 amide bonds. The summed E-state index contributed by atoms with van der Waals surface area (Å²) in [5, 5.41) is 23.8. The fourth-order valence-electron chi connectivity index (χ4n) is 14.0. The molecule has 1 unspecified atom stereocenters. The molecular formula is C72H78N3NaO10PS3+. The van der Waals surface area contributed by atoms with E-state index in [1.54, 1.807) is 51.9 Å². The number of aliphatic carboxylic acids is 1. The van der Waals surface area contributed by atoms with Crippen molar-refractivity contribution in [3.05, 3.63) is 199 Å². The number of ether oxygens (including phenoxy) is 2. The minimum absolute atomic E-state index is 0. The van der Waals surface area contributed by atoms with Gasteiger partial charge in [0.15, 0.2) is 0 Å². The second-order valence-corrected chi connectivity index (χ2v) is 31.2. The summed E-state index contributed by atoms with van der Waals surface area (Å²) in [5.74, 6) is -1.53. The summed E-state index contributed by atoms with van der Waals surface area (Å²) < 4.78 is 11.3. The third-order valence-corrected chi connectivity index (χ3v) is 26.3. The summed E-state index contributed by atoms with van der Waals surface area (Å²) in [5.41, 5.74) is 3.24. The number of carbonyl (C=O) groups excluding carboxylic acids is 6. The van der Waals surface area contributed by atoms with Gasteiger partial charge >= 0.3 is 41.5 Å². The van der Waals surface area contributed by atoms with Crippen molar-refractivity contribution < 1.29 is 78.0 Å². The Kier molecular flexibility index (Phi) is 22.0. The molecule has 6 aromatic rings. The minimum Gasteiger partial charge on any atom is -0.543 e. The number of carboxylic acids is 1. The van der Waals surface area contributed by atoms with E-state index in [2.05, 4.69) is 115 Å². The standard InChI is InChI=1S/C38H39NO3PS.C19H23NO3S.C15H17NO4S.Na/c1-5-24-42-38(41)36(35-31(33-23-22-30(6-2)44-33)25-32-34(26(3)4)37(40)39(32)35)43(27-16-10-7-11-17-27,28-18-12-8-13-19-28)29-20-14-9-15-21-29;1-5-9-23-19(22)17-13(15-8-7-12(6-2)24-15)10-14-16(11(3)4)18(21)20(14)17;1-7(2)12-10-5-9(11-4-3-8(6-17)21-11)13(15(19)20)16(10)14(12)18;/h5,7-23,26,32,34,36H,1,6,24-25H2,2-4H3;5,7-8,11,14,16H,1,6,9-10H2,2-4H3;3-4,7,10,12,17H,5-6H2,1-2H3,(H,19,20);/q+1;;;+1/p-1/t32-,34-,36?;14-,16-;10-,12-;/m111./s1. The molecule has 3 fully saturated rings. The molecule has 0 radical (unpaired) electrons. The van der Waals surface area contributed by atoms with Gasteiger partial charge in [0.25, 0.3) is 0 Å². The average Bonchev–Trinajstić information content (AvgIpc) is 1.34. The monoisotopic (exact) mass is 1290 g/mol. The van der Waals surface area contributed by atoms with Crippen LogP contribution in [-0.2, 0) is 57.7 Å². The molecule has 0 aliphatic carbocycles. The van der Waals surface area contributed by atoms with Gasteiger partial charge in [-0.25, -0.2) is 9.59 Å². The van der Waals surface area contributed by atoms with Gasteiger partial charge in [-0.05, 0) is 134 Å². The maximum Gasteiger partial charge on any atom is 1.00 e. The number of esters is 2. The number of β-lactam (4-membered cyclic amide) rings is 3. The van der Waals surface area contributed by atoms with E-state index in [1.807, 2.05) is 73.3 Å². The van der Waals surface area contributed by atoms with Crippen LogP contribution in [-0.4, -0.2) is 92.4 Å². The normalized spacial score (nSPS) is 20.9. The van der Waals surface area contributed by atoms with Crippen LogP contribution in [0.25, 0.3) is 16.7 Å². The molecule has 1 N–H and O–H groups in total. The summed E-state index contributed by atoms with van der Waals surface area (Å²) in [6, 6.07) is 43.3. The van der Waals surface area contributed by atoms with Gasteiger partial charge in [0.05, 0.1) is 59.8 Å². The zero-order valence-corrected chi connectivity index (χ0v) is 58.1. The summed E-state index contributed by atoms with van der Waals surface area (Å²) in [6.45, 7) is 24.2. The number of aliphatic hydroxyl groups excluding tert-OH is 1. The van der Waals surface area contributed by atoms with Crippen molar-refractivity contribution in [2.24, 2.45) is 35.5 Å². The van der Waals surface area contributed by atoms with Crippen LogP contribution in [0.2, 0.25) is 0 Å². The number of aryl methyl sites for hydroxylation is 2. The van der Waals surface area contributed by atoms with Crippen LogP contribution in [0.4, 0.5) is 0 Å². The number of carboxylic acid groups (broad SMARTS) is 1. The van der Waals surface area contributed by atoms with Crippen molar-refractivity contribution in [1.82, 2.24) is 14.7 Å². The molecule has 3 aromatic heterocycles. The SMILES string of the molecule is C=CCOC(=O)C(C1=C(c2ccc(CC)s2)C[C@@H]2[C@@H](C(C)C)C(=O)N12)[P+](c1ccccc1)(c1ccccc1)c1ccccc1.C=CCOC(=O)C1=C(c2ccc(CC)s2)C[C@@H]2[C@@H](C(C)C)C(=O)N12.CC(C)[C@H]1C(=O)N2C(C(=O)[O-])=C(c3ccc(CO)s3)C[C@H]12.[Na+]. The van der Waals surface area contributed by atoms with Crippen LogP contribution in [0, 0.1) is 35.5 Å². The molecule has 0 spiro atoms. The van der Waals surface area contributed by atoms with Crippen LogP contribution in [0.1, 0.15) is 104 Å². The predicted molar refractivity (Wildman–Crippen MR) is 355 cm³/mol. The van der Waals surface area contributed by atoms with Gasteiger partial charge in [-0.2, -0.15) is 0 Å². The molecule has 464 valence electrons. The summed E-state index contributed by atoms with van der Waals surface area (Å²) in [7, 11) is -2.82.